The molecule has 3 heteroatoms. The summed E-state index contributed by atoms with van der Waals surface area (Å²) < 4.78 is 0. The van der Waals surface area contributed by atoms with E-state index in [1.807, 2.05) is 0 Å². The van der Waals surface area contributed by atoms with Crippen LogP contribution in [0.4, 0.5) is 0 Å². The summed E-state index contributed by atoms with van der Waals surface area (Å²) in [6.45, 7) is 7.78. The molecule has 2 N–H and O–H groups in total. The van der Waals surface area contributed by atoms with Gasteiger partial charge in [0.15, 0.2) is 0 Å². The van der Waals surface area contributed by atoms with Gasteiger partial charge in [-0.25, -0.2) is 6.57 Å². The van der Waals surface area contributed by atoms with Gasteiger partial charge in [-0.05, 0) is 0 Å². The first-order valence-electron chi connectivity index (χ1n) is 2.60. The van der Waals surface area contributed by atoms with Crippen LogP contribution >= 0.6 is 0 Å². The van der Waals surface area contributed by atoms with Crippen LogP contribution in [0, 0.1) is 6.57 Å². The minimum Gasteiger partial charge on any atom is -0.384 e. The lowest BCUT2D eigenvalue weighted by Crippen LogP contribution is -2.19. The van der Waals surface area contributed by atoms with E-state index in [0.717, 1.165) is 0 Å². The third-order valence-electron chi connectivity index (χ3n) is 1.32. The summed E-state index contributed by atoms with van der Waals surface area (Å²) in [4.78, 5) is 3.21. The highest BCUT2D eigenvalue weighted by Gasteiger charge is 2.29. The van der Waals surface area contributed by atoms with E-state index in [0.29, 0.717) is 13.1 Å². The molecule has 0 spiro atoms. The first-order chi connectivity index (χ1) is 3.84. The Kier molecular flexibility index (Phi) is 1.47. The number of hydrogen-bond donors (Lipinski definition) is 2. The second kappa shape index (κ2) is 2.12. The molecule has 0 amide bonds. The van der Waals surface area contributed by atoms with Gasteiger partial charge in [0.2, 0.25) is 0 Å². The van der Waals surface area contributed by atoms with Crippen molar-refractivity contribution >= 4 is 0 Å². The molecule has 8 heavy (non-hydrogen) atoms. The Morgan fingerprint density at radius 3 is 2.62 bits per heavy atom. The van der Waals surface area contributed by atoms with Gasteiger partial charge in [0, 0.05) is 6.54 Å². The van der Waals surface area contributed by atoms with E-state index in [9.17, 15) is 0 Å². The van der Waals surface area contributed by atoms with Crippen molar-refractivity contribution in [2.45, 2.75) is 12.1 Å². The molecule has 0 radical (unpaired) electrons. The molecule has 2 atom stereocenters. The standard InChI is InChI=1S/C5H8N2O/c1-6-4-2-7-3-5(4)8/h4-5,7-8H,2-3H2. The van der Waals surface area contributed by atoms with Gasteiger partial charge in [0.25, 0.3) is 6.04 Å². The molecule has 1 saturated heterocycles. The van der Waals surface area contributed by atoms with Gasteiger partial charge in [0.05, 0.1) is 6.54 Å². The number of β-amino-alcohol motifs (C(OH)–C–C–N with tert-alkyl or cyclic N) is 1. The summed E-state index contributed by atoms with van der Waals surface area (Å²) in [5, 5.41) is 11.8. The summed E-state index contributed by atoms with van der Waals surface area (Å²) in [6, 6.07) is -0.199. The Hall–Kier alpha value is -0.590. The lowest BCUT2D eigenvalue weighted by molar-refractivity contribution is 0.190. The summed E-state index contributed by atoms with van der Waals surface area (Å²) in [5.41, 5.74) is 0. The van der Waals surface area contributed by atoms with Crippen LogP contribution in [0.25, 0.3) is 4.85 Å². The molecule has 0 aromatic heterocycles. The number of nitrogens with zero attached hydrogens (tertiary/aromatic N) is 1. The summed E-state index contributed by atoms with van der Waals surface area (Å²) >= 11 is 0. The molecule has 0 saturated carbocycles. The fraction of sp³-hybridized carbons (Fsp3) is 0.800. The Bertz CT molecular complexity index is 118. The van der Waals surface area contributed by atoms with Crippen molar-refractivity contribution in [1.82, 2.24) is 5.32 Å². The average molecular weight is 112 g/mol. The van der Waals surface area contributed by atoms with Crippen LogP contribution in [0.15, 0.2) is 0 Å². The maximum atomic E-state index is 8.91. The number of aliphatic hydroxyl groups excluding tert-OH is 1. The summed E-state index contributed by atoms with van der Waals surface area (Å²) in [7, 11) is 0. The summed E-state index contributed by atoms with van der Waals surface area (Å²) in [5.74, 6) is 0. The van der Waals surface area contributed by atoms with Gasteiger partial charge in [-0.15, -0.1) is 0 Å². The predicted molar refractivity (Wildman–Crippen MR) is 29.3 cm³/mol. The molecule has 44 valence electrons. The van der Waals surface area contributed by atoms with Crippen molar-refractivity contribution in [2.75, 3.05) is 13.1 Å². The average Bonchev–Trinajstić information content (AvgIpc) is 2.14. The van der Waals surface area contributed by atoms with Crippen molar-refractivity contribution in [3.05, 3.63) is 11.4 Å². The second-order valence-corrected chi connectivity index (χ2v) is 1.92. The fourth-order valence-corrected chi connectivity index (χ4v) is 0.783. The fourth-order valence-electron chi connectivity index (χ4n) is 0.783. The maximum Gasteiger partial charge on any atom is 0.262 e. The molecule has 2 unspecified atom stereocenters. The van der Waals surface area contributed by atoms with Crippen molar-refractivity contribution in [3.8, 4) is 0 Å². The van der Waals surface area contributed by atoms with Crippen LogP contribution in [-0.4, -0.2) is 30.3 Å². The molecule has 3 nitrogen and oxygen atoms in total. The minimum atomic E-state index is -0.438. The van der Waals surface area contributed by atoms with Gasteiger partial charge in [-0.2, -0.15) is 0 Å². The largest absolute Gasteiger partial charge is 0.384 e. The van der Waals surface area contributed by atoms with Crippen LogP contribution < -0.4 is 5.32 Å². The number of hydrogen-bond acceptors (Lipinski definition) is 2. The van der Waals surface area contributed by atoms with Gasteiger partial charge >= 0.3 is 0 Å². The van der Waals surface area contributed by atoms with E-state index >= 15 is 0 Å². The maximum absolute atomic E-state index is 8.91. The quantitative estimate of drug-likeness (QED) is 0.404. The predicted octanol–water partition coefficient (Wildman–Crippen LogP) is -0.762. The van der Waals surface area contributed by atoms with Crippen LogP contribution in [0.5, 0.6) is 0 Å². The minimum absolute atomic E-state index is 0.199. The van der Waals surface area contributed by atoms with Crippen LogP contribution in [0.2, 0.25) is 0 Å². The molecule has 0 bridgehead atoms. The van der Waals surface area contributed by atoms with Crippen molar-refractivity contribution < 1.29 is 5.11 Å². The lowest BCUT2D eigenvalue weighted by Gasteiger charge is -1.96. The summed E-state index contributed by atoms with van der Waals surface area (Å²) in [6.07, 6.45) is -0.438. The Morgan fingerprint density at radius 2 is 2.38 bits per heavy atom. The molecular formula is C5H8N2O. The highest BCUT2D eigenvalue weighted by Crippen LogP contribution is 2.02. The SMILES string of the molecule is [C-]#[N+]C1CNCC1O. The van der Waals surface area contributed by atoms with Crippen molar-refractivity contribution in [1.29, 1.82) is 0 Å². The third kappa shape index (κ3) is 0.808. The van der Waals surface area contributed by atoms with Crippen LogP contribution in [-0.2, 0) is 0 Å². The molecule has 1 fully saturated rings. The Labute approximate surface area is 48.1 Å². The zero-order chi connectivity index (χ0) is 5.98. The zero-order valence-electron chi connectivity index (χ0n) is 4.46. The van der Waals surface area contributed by atoms with Crippen LogP contribution in [0.1, 0.15) is 0 Å². The molecule has 1 aliphatic heterocycles. The van der Waals surface area contributed by atoms with E-state index in [1.54, 1.807) is 0 Å². The van der Waals surface area contributed by atoms with Gasteiger partial charge < -0.3 is 15.3 Å². The van der Waals surface area contributed by atoms with E-state index < -0.39 is 6.10 Å². The zero-order valence-corrected chi connectivity index (χ0v) is 4.46. The van der Waals surface area contributed by atoms with Gasteiger partial charge in [-0.1, -0.05) is 0 Å². The number of rotatable bonds is 0. The van der Waals surface area contributed by atoms with E-state index in [-0.39, 0.29) is 6.04 Å². The number of nitrogens with one attached hydrogen (secondary N) is 1. The molecule has 1 heterocycles. The molecule has 0 aromatic rings. The smallest absolute Gasteiger partial charge is 0.262 e. The molecule has 1 aliphatic rings. The normalized spacial score (nSPS) is 37.0. The molecular weight excluding hydrogens is 104 g/mol. The molecule has 1 rings (SSSR count). The topological polar surface area (TPSA) is 36.6 Å². The molecule has 0 aromatic carbocycles. The lowest BCUT2D eigenvalue weighted by atomic mass is 10.2. The second-order valence-electron chi connectivity index (χ2n) is 1.92. The van der Waals surface area contributed by atoms with Crippen LogP contribution in [0.3, 0.4) is 0 Å². The van der Waals surface area contributed by atoms with Crippen molar-refractivity contribution in [2.24, 2.45) is 0 Å². The Balaban J connectivity index is 2.45. The van der Waals surface area contributed by atoms with Gasteiger partial charge in [0.1, 0.15) is 6.10 Å². The first kappa shape index (κ1) is 5.54. The van der Waals surface area contributed by atoms with E-state index in [1.165, 1.54) is 0 Å². The van der Waals surface area contributed by atoms with E-state index in [4.69, 9.17) is 11.7 Å². The number of aliphatic hydroxyl groups is 1. The highest BCUT2D eigenvalue weighted by atomic mass is 16.3. The first-order valence-corrected chi connectivity index (χ1v) is 2.60. The monoisotopic (exact) mass is 112 g/mol. The highest BCUT2D eigenvalue weighted by molar-refractivity contribution is 4.93. The van der Waals surface area contributed by atoms with E-state index in [2.05, 4.69) is 10.2 Å². The van der Waals surface area contributed by atoms with Gasteiger partial charge in [-0.3, -0.25) is 0 Å². The Morgan fingerprint density at radius 1 is 1.62 bits per heavy atom. The molecule has 0 aliphatic carbocycles. The third-order valence-corrected chi connectivity index (χ3v) is 1.32. The van der Waals surface area contributed by atoms with Crippen molar-refractivity contribution in [3.63, 3.8) is 0 Å².